The van der Waals surface area contributed by atoms with Gasteiger partial charge in [-0.2, -0.15) is 0 Å². The molecule has 5 aromatic carbocycles. The Morgan fingerprint density at radius 1 is 0.356 bits per heavy atom. The minimum Gasteiger partial charge on any atom is -0.497 e. The molecule has 0 aromatic heterocycles. The van der Waals surface area contributed by atoms with Gasteiger partial charge in [-0.3, -0.25) is 0 Å². The minimum atomic E-state index is 0.820. The van der Waals surface area contributed by atoms with Crippen LogP contribution < -0.4 is 40.8 Å². The second-order valence-corrected chi connectivity index (χ2v) is 19.2. The molecular weight excluding hydrogens is 946 g/mol. The number of rotatable bonds is 8. The smallest absolute Gasteiger partial charge is 0.119 e. The van der Waals surface area contributed by atoms with Crippen LogP contribution in [0.3, 0.4) is 0 Å². The second-order valence-electron chi connectivity index (χ2n) is 18.3. The Balaban J connectivity index is 0.000000149. The van der Waals surface area contributed by atoms with Crippen molar-refractivity contribution in [1.82, 2.24) is 26.6 Å². The summed E-state index contributed by atoms with van der Waals surface area (Å²) in [5.74, 6) is 2.79. The summed E-state index contributed by atoms with van der Waals surface area (Å²) in [6.45, 7) is 10.5. The first-order chi connectivity index (χ1) is 35.9. The molecule has 388 valence electrons. The Bertz CT molecular complexity index is 2500. The van der Waals surface area contributed by atoms with Gasteiger partial charge in [0, 0.05) is 36.2 Å². The summed E-state index contributed by atoms with van der Waals surface area (Å²) in [5, 5.41) is 18.5. The Morgan fingerprint density at radius 3 is 1.32 bits per heavy atom. The van der Waals surface area contributed by atoms with Gasteiger partial charge in [0.15, 0.2) is 0 Å². The Labute approximate surface area is 447 Å². The van der Waals surface area contributed by atoms with Crippen molar-refractivity contribution in [3.8, 4) is 17.2 Å². The van der Waals surface area contributed by atoms with Gasteiger partial charge in [-0.15, -0.1) is 0 Å². The van der Waals surface area contributed by atoms with E-state index in [0.717, 1.165) is 125 Å². The zero-order valence-corrected chi connectivity index (χ0v) is 45.1. The highest BCUT2D eigenvalue weighted by Gasteiger charge is 2.10. The molecule has 0 fully saturated rings. The first-order valence-electron chi connectivity index (χ1n) is 26.4. The summed E-state index contributed by atoms with van der Waals surface area (Å²) in [4.78, 5) is 0. The third-order valence-electron chi connectivity index (χ3n) is 13.2. The maximum atomic E-state index is 6.15. The van der Waals surface area contributed by atoms with Crippen LogP contribution in [0, 0.1) is 0 Å². The zero-order chi connectivity index (χ0) is 51.1. The fraction of sp³-hybridized carbons (Fsp3) is 0.365. The molecule has 73 heavy (non-hydrogen) atoms. The first kappa shape index (κ1) is 56.9. The molecule has 0 amide bonds. The van der Waals surface area contributed by atoms with Crippen molar-refractivity contribution in [3.63, 3.8) is 0 Å². The Kier molecular flexibility index (Phi) is 26.0. The van der Waals surface area contributed by atoms with Gasteiger partial charge in [0.1, 0.15) is 17.2 Å². The number of methoxy groups -OCH3 is 3. The highest BCUT2D eigenvalue weighted by atomic mass is 35.5. The Hall–Kier alpha value is -5.42. The van der Waals surface area contributed by atoms with Crippen LogP contribution in [0.4, 0.5) is 0 Å². The van der Waals surface area contributed by atoms with Crippen molar-refractivity contribution in [2.75, 3.05) is 86.8 Å². The Morgan fingerprint density at radius 2 is 0.808 bits per heavy atom. The molecule has 0 aliphatic carbocycles. The predicted molar refractivity (Wildman–Crippen MR) is 312 cm³/mol. The van der Waals surface area contributed by atoms with E-state index in [4.69, 9.17) is 37.4 Å². The van der Waals surface area contributed by atoms with Crippen LogP contribution in [-0.4, -0.2) is 86.8 Å². The van der Waals surface area contributed by atoms with E-state index < -0.39 is 0 Å². The van der Waals surface area contributed by atoms with Crippen molar-refractivity contribution >= 4 is 51.1 Å². The van der Waals surface area contributed by atoms with Crippen LogP contribution in [-0.2, 0) is 0 Å². The van der Waals surface area contributed by atoms with Crippen molar-refractivity contribution in [2.45, 2.75) is 64.2 Å². The normalized spacial score (nSPS) is 17.0. The van der Waals surface area contributed by atoms with Crippen LogP contribution in [0.5, 0.6) is 17.2 Å². The number of allylic oxidation sites excluding steroid dienone is 4. The van der Waals surface area contributed by atoms with Crippen LogP contribution in [0.25, 0.3) is 27.9 Å². The quantitative estimate of drug-likeness (QED) is 0.105. The van der Waals surface area contributed by atoms with Crippen LogP contribution in [0.1, 0.15) is 92.0 Å². The minimum absolute atomic E-state index is 0.820. The lowest BCUT2D eigenvalue weighted by atomic mass is 10.0. The van der Waals surface area contributed by atoms with Crippen LogP contribution in [0.15, 0.2) is 152 Å². The number of benzene rings is 5. The molecule has 0 saturated carbocycles. The predicted octanol–water partition coefficient (Wildman–Crippen LogP) is 13.6. The summed E-state index contributed by atoms with van der Waals surface area (Å²) >= 11 is 12.1. The number of hydrogen-bond donors (Lipinski definition) is 5. The van der Waals surface area contributed by atoms with E-state index in [1.54, 1.807) is 21.3 Å². The molecule has 0 radical (unpaired) electrons. The second kappa shape index (κ2) is 33.4. The number of hydrogen-bond acceptors (Lipinski definition) is 8. The largest absolute Gasteiger partial charge is 0.497 e. The molecular formula is C63H79Cl2N5O3. The lowest BCUT2D eigenvalue weighted by Crippen LogP contribution is -2.13. The fourth-order valence-electron chi connectivity index (χ4n) is 9.17. The summed E-state index contributed by atoms with van der Waals surface area (Å²) in [6, 6.07) is 41.1. The van der Waals surface area contributed by atoms with Crippen molar-refractivity contribution in [1.29, 1.82) is 0 Å². The van der Waals surface area contributed by atoms with Crippen LogP contribution >= 0.6 is 23.2 Å². The summed E-state index contributed by atoms with van der Waals surface area (Å²) in [6.07, 6.45) is 23.0. The van der Waals surface area contributed by atoms with E-state index in [1.165, 1.54) is 87.8 Å². The third-order valence-corrected chi connectivity index (χ3v) is 13.8. The van der Waals surface area contributed by atoms with Gasteiger partial charge in [-0.05, 0) is 214 Å². The summed E-state index contributed by atoms with van der Waals surface area (Å²) < 4.78 is 15.6. The van der Waals surface area contributed by atoms with E-state index >= 15 is 0 Å². The number of ether oxygens (including phenoxy) is 3. The molecule has 0 spiro atoms. The van der Waals surface area contributed by atoms with Gasteiger partial charge < -0.3 is 40.8 Å². The topological polar surface area (TPSA) is 87.8 Å². The molecule has 5 N–H and O–H groups in total. The molecule has 0 atom stereocenters. The maximum Gasteiger partial charge on any atom is 0.119 e. The van der Waals surface area contributed by atoms with E-state index in [9.17, 15) is 0 Å². The monoisotopic (exact) mass is 1020 g/mol. The molecule has 5 heterocycles. The van der Waals surface area contributed by atoms with Gasteiger partial charge in [0.05, 0.1) is 21.3 Å². The lowest BCUT2D eigenvalue weighted by Gasteiger charge is -2.07. The van der Waals surface area contributed by atoms with E-state index in [2.05, 4.69) is 105 Å². The average Bonchev–Trinajstić information content (AvgIpc) is 4.15. The molecule has 10 heteroatoms. The molecule has 0 saturated heterocycles. The molecule has 0 bridgehead atoms. The van der Waals surface area contributed by atoms with E-state index in [0.29, 0.717) is 0 Å². The standard InChI is InChI=1S/3C13H17NO.2C12H14ClN/c2*1-15-13-6-2-4-12(10-13)11-5-3-8-14-9-7-11;1-15-13-6-4-12(5-7-13)11-3-2-9-14-10-8-11;13-12-5-1-3-11(9-12)10-4-2-7-14-8-6-10;13-12-6-2-1-5-11(12)10-4-3-8-14-9-7-10/h2,4,6-7,10,14H,3,5,8-9H2,1H3;2,4-6,10,14H,3,7-9H2,1H3;4-8,14H,2-3,9-10H2,1H3;1,3,5-6,9,14H,2,4,7-8H2;1-2,5-7,14H,3-4,8-9H2. The van der Waals surface area contributed by atoms with E-state index in [1.807, 2.05) is 72.8 Å². The molecule has 0 unspecified atom stereocenters. The summed E-state index contributed by atoms with van der Waals surface area (Å²) in [5.41, 5.74) is 13.5. The average molecular weight is 1030 g/mol. The number of nitrogens with one attached hydrogen (secondary N) is 5. The highest BCUT2D eigenvalue weighted by Crippen LogP contribution is 2.29. The third kappa shape index (κ3) is 20.4. The van der Waals surface area contributed by atoms with Gasteiger partial charge in [-0.1, -0.05) is 120 Å². The zero-order valence-electron chi connectivity index (χ0n) is 43.6. The fourth-order valence-corrected chi connectivity index (χ4v) is 9.61. The molecule has 8 nitrogen and oxygen atoms in total. The first-order valence-corrected chi connectivity index (χ1v) is 27.1. The molecule has 5 aromatic rings. The van der Waals surface area contributed by atoms with Crippen molar-refractivity contribution < 1.29 is 14.2 Å². The maximum absolute atomic E-state index is 6.15. The van der Waals surface area contributed by atoms with Crippen LogP contribution in [0.2, 0.25) is 10.0 Å². The van der Waals surface area contributed by atoms with E-state index in [-0.39, 0.29) is 0 Å². The SMILES string of the molecule is COc1ccc(C2=CCNCCC2)cc1.COc1cccc(C2=CCCNCC2)c1.COc1cccc(C2=CCNCCC2)c1.Clc1cccc(C2=CCNCCC2)c1.Clc1ccccc1C1=CCNCCC1. The number of halogens is 2. The van der Waals surface area contributed by atoms with Crippen molar-refractivity contribution in [2.24, 2.45) is 0 Å². The van der Waals surface area contributed by atoms with Gasteiger partial charge in [0.25, 0.3) is 0 Å². The molecule has 5 aliphatic rings. The van der Waals surface area contributed by atoms with Gasteiger partial charge in [-0.25, -0.2) is 0 Å². The van der Waals surface area contributed by atoms with Gasteiger partial charge >= 0.3 is 0 Å². The lowest BCUT2D eigenvalue weighted by molar-refractivity contribution is 0.414. The van der Waals surface area contributed by atoms with Gasteiger partial charge in [0.2, 0.25) is 0 Å². The molecule has 10 rings (SSSR count). The van der Waals surface area contributed by atoms with Crippen molar-refractivity contribution in [3.05, 3.63) is 190 Å². The molecule has 5 aliphatic heterocycles. The highest BCUT2D eigenvalue weighted by molar-refractivity contribution is 6.32. The summed E-state index contributed by atoms with van der Waals surface area (Å²) in [7, 11) is 5.12.